The van der Waals surface area contributed by atoms with Gasteiger partial charge < -0.3 is 9.72 Å². The second-order valence-corrected chi connectivity index (χ2v) is 5.89. The largest absolute Gasteiger partial charge is 0.463 e. The minimum atomic E-state index is -0.357. The first-order valence-corrected chi connectivity index (χ1v) is 8.17. The molecule has 0 atom stereocenters. The number of hydrogen-bond acceptors (Lipinski definition) is 4. The molecule has 0 radical (unpaired) electrons. The zero-order valence-electron chi connectivity index (χ0n) is 13.7. The molecule has 0 saturated heterocycles. The molecule has 0 amide bonds. The summed E-state index contributed by atoms with van der Waals surface area (Å²) in [6.07, 6.45) is 0.484. The van der Waals surface area contributed by atoms with E-state index in [0.717, 1.165) is 22.0 Å². The lowest BCUT2D eigenvalue weighted by Gasteiger charge is -2.07. The van der Waals surface area contributed by atoms with E-state index in [1.165, 1.54) is 0 Å². The van der Waals surface area contributed by atoms with E-state index in [1.54, 1.807) is 6.92 Å². The van der Waals surface area contributed by atoms with Crippen LogP contribution in [0.4, 0.5) is 5.69 Å². The Morgan fingerprint density at radius 2 is 1.92 bits per heavy atom. The predicted octanol–water partition coefficient (Wildman–Crippen LogP) is 4.49. The maximum absolute atomic E-state index is 12.5. The van der Waals surface area contributed by atoms with E-state index < -0.39 is 0 Å². The Labute approximate surface area is 144 Å². The summed E-state index contributed by atoms with van der Waals surface area (Å²) in [5.41, 5.74) is 4.94. The lowest BCUT2D eigenvalue weighted by atomic mass is 10.0. The molecule has 0 saturated carbocycles. The van der Waals surface area contributed by atoms with Crippen molar-refractivity contribution in [2.75, 3.05) is 6.61 Å². The number of para-hydroxylation sites is 1. The minimum absolute atomic E-state index is 0.303. The number of aromatic nitrogens is 1. The van der Waals surface area contributed by atoms with Crippen LogP contribution in [0.3, 0.4) is 0 Å². The van der Waals surface area contributed by atoms with Gasteiger partial charge in [0.25, 0.3) is 0 Å². The van der Waals surface area contributed by atoms with Gasteiger partial charge in [0, 0.05) is 22.9 Å². The van der Waals surface area contributed by atoms with Gasteiger partial charge in [0.15, 0.2) is 0 Å². The molecule has 1 aliphatic rings. The molecule has 1 heterocycles. The van der Waals surface area contributed by atoms with Crippen molar-refractivity contribution < 1.29 is 9.53 Å². The molecular weight excluding hydrogens is 316 g/mol. The van der Waals surface area contributed by atoms with E-state index in [-0.39, 0.29) is 5.97 Å². The van der Waals surface area contributed by atoms with E-state index >= 15 is 0 Å². The summed E-state index contributed by atoms with van der Waals surface area (Å²) in [5.74, 6) is -0.357. The monoisotopic (exact) mass is 332 g/mol. The number of ether oxygens (including phenoxy) is 1. The van der Waals surface area contributed by atoms with Gasteiger partial charge in [-0.3, -0.25) is 0 Å². The SMILES string of the molecule is CCOC(=O)C1=C(c2[nH]c3ccccc3c2N=O)c2ccccc2C1. The van der Waals surface area contributed by atoms with Gasteiger partial charge in [-0.25, -0.2) is 4.79 Å². The third-order valence-corrected chi connectivity index (χ3v) is 4.50. The number of carbonyl (C=O) groups is 1. The number of fused-ring (bicyclic) bond motifs is 2. The van der Waals surface area contributed by atoms with Crippen LogP contribution in [0.5, 0.6) is 0 Å². The summed E-state index contributed by atoms with van der Waals surface area (Å²) < 4.78 is 5.24. The van der Waals surface area contributed by atoms with Crippen LogP contribution in [0.15, 0.2) is 59.3 Å². The van der Waals surface area contributed by atoms with Crippen LogP contribution in [-0.2, 0) is 16.0 Å². The number of H-pyrrole nitrogens is 1. The molecule has 0 unspecified atom stereocenters. The van der Waals surface area contributed by atoms with E-state index in [0.29, 0.717) is 35.6 Å². The molecule has 25 heavy (non-hydrogen) atoms. The smallest absolute Gasteiger partial charge is 0.335 e. The molecule has 1 aromatic heterocycles. The number of hydrogen-bond donors (Lipinski definition) is 1. The van der Waals surface area contributed by atoms with Crippen LogP contribution >= 0.6 is 0 Å². The normalized spacial score (nSPS) is 13.2. The number of nitrogens with one attached hydrogen (secondary N) is 1. The molecule has 5 heteroatoms. The zero-order chi connectivity index (χ0) is 17.4. The van der Waals surface area contributed by atoms with Crippen molar-refractivity contribution >= 4 is 28.1 Å². The van der Waals surface area contributed by atoms with E-state index in [9.17, 15) is 9.70 Å². The Hall–Kier alpha value is -3.21. The third kappa shape index (κ3) is 2.36. The second-order valence-electron chi connectivity index (χ2n) is 5.89. The van der Waals surface area contributed by atoms with E-state index in [2.05, 4.69) is 10.2 Å². The number of nitroso groups, excluding NO2 is 1. The van der Waals surface area contributed by atoms with Crippen LogP contribution in [0.2, 0.25) is 0 Å². The maximum Gasteiger partial charge on any atom is 0.335 e. The number of aromatic amines is 1. The average molecular weight is 332 g/mol. The lowest BCUT2D eigenvalue weighted by Crippen LogP contribution is -2.09. The summed E-state index contributed by atoms with van der Waals surface area (Å²) in [7, 11) is 0. The maximum atomic E-state index is 12.5. The Morgan fingerprint density at radius 3 is 2.72 bits per heavy atom. The average Bonchev–Trinajstić information content (AvgIpc) is 3.19. The van der Waals surface area contributed by atoms with E-state index in [1.807, 2.05) is 48.5 Å². The zero-order valence-corrected chi connectivity index (χ0v) is 13.7. The Kier molecular flexibility index (Phi) is 3.69. The number of rotatable bonds is 4. The van der Waals surface area contributed by atoms with Crippen LogP contribution in [-0.4, -0.2) is 17.6 Å². The summed E-state index contributed by atoms with van der Waals surface area (Å²) in [6.45, 7) is 2.08. The lowest BCUT2D eigenvalue weighted by molar-refractivity contribution is -0.138. The molecule has 1 aliphatic carbocycles. The fraction of sp³-hybridized carbons (Fsp3) is 0.150. The molecule has 5 nitrogen and oxygen atoms in total. The van der Waals surface area contributed by atoms with Gasteiger partial charge in [0.05, 0.1) is 17.9 Å². The fourth-order valence-electron chi connectivity index (χ4n) is 3.44. The van der Waals surface area contributed by atoms with Gasteiger partial charge in [-0.2, -0.15) is 0 Å². The number of carbonyl (C=O) groups excluding carboxylic acids is 1. The van der Waals surface area contributed by atoms with Crippen molar-refractivity contribution in [3.05, 3.63) is 75.8 Å². The first-order valence-electron chi connectivity index (χ1n) is 8.17. The first-order chi connectivity index (χ1) is 12.2. The molecule has 3 aromatic rings. The van der Waals surface area contributed by atoms with Gasteiger partial charge in [0.1, 0.15) is 5.69 Å². The molecule has 4 rings (SSSR count). The standard InChI is InChI=1S/C20H16N2O3/c1-2-25-20(23)15-11-12-7-3-4-8-13(12)17(15)19-18(22-24)14-9-5-6-10-16(14)21-19/h3-10,21H,2,11H2,1H3. The Morgan fingerprint density at radius 1 is 1.16 bits per heavy atom. The number of benzene rings is 2. The summed E-state index contributed by atoms with van der Waals surface area (Å²) in [5, 5.41) is 3.99. The topological polar surface area (TPSA) is 71.5 Å². The Bertz CT molecular complexity index is 1030. The molecule has 0 fully saturated rings. The highest BCUT2D eigenvalue weighted by atomic mass is 16.5. The van der Waals surface area contributed by atoms with Crippen molar-refractivity contribution in [1.29, 1.82) is 0 Å². The molecule has 1 N–H and O–H groups in total. The van der Waals surface area contributed by atoms with Gasteiger partial charge in [-0.15, -0.1) is 4.91 Å². The first kappa shape index (κ1) is 15.3. The van der Waals surface area contributed by atoms with Gasteiger partial charge in [-0.1, -0.05) is 42.5 Å². The van der Waals surface area contributed by atoms with Crippen molar-refractivity contribution in [3.8, 4) is 0 Å². The van der Waals surface area contributed by atoms with Crippen LogP contribution in [0.1, 0.15) is 23.7 Å². The van der Waals surface area contributed by atoms with Crippen molar-refractivity contribution in [3.63, 3.8) is 0 Å². The fourth-order valence-corrected chi connectivity index (χ4v) is 3.44. The minimum Gasteiger partial charge on any atom is -0.463 e. The van der Waals surface area contributed by atoms with Crippen LogP contribution in [0, 0.1) is 4.91 Å². The van der Waals surface area contributed by atoms with Gasteiger partial charge in [0.2, 0.25) is 0 Å². The van der Waals surface area contributed by atoms with Gasteiger partial charge in [-0.05, 0) is 29.3 Å². The third-order valence-electron chi connectivity index (χ3n) is 4.50. The summed E-state index contributed by atoms with van der Waals surface area (Å²) in [6, 6.07) is 15.3. The summed E-state index contributed by atoms with van der Waals surface area (Å²) in [4.78, 5) is 27.3. The molecule has 0 spiro atoms. The van der Waals surface area contributed by atoms with Crippen molar-refractivity contribution in [2.24, 2.45) is 5.18 Å². The summed E-state index contributed by atoms with van der Waals surface area (Å²) >= 11 is 0. The van der Waals surface area contributed by atoms with E-state index in [4.69, 9.17) is 4.74 Å². The quantitative estimate of drug-likeness (QED) is 0.565. The number of esters is 1. The van der Waals surface area contributed by atoms with Crippen molar-refractivity contribution in [2.45, 2.75) is 13.3 Å². The predicted molar refractivity (Wildman–Crippen MR) is 96.6 cm³/mol. The van der Waals surface area contributed by atoms with Crippen molar-refractivity contribution in [1.82, 2.24) is 4.98 Å². The van der Waals surface area contributed by atoms with Crippen LogP contribution < -0.4 is 0 Å². The highest BCUT2D eigenvalue weighted by Gasteiger charge is 2.31. The molecule has 0 aliphatic heterocycles. The highest BCUT2D eigenvalue weighted by Crippen LogP contribution is 2.43. The number of nitrogens with zero attached hydrogens (tertiary/aromatic N) is 1. The van der Waals surface area contributed by atoms with Crippen LogP contribution in [0.25, 0.3) is 16.5 Å². The Balaban J connectivity index is 2.01. The molecule has 0 bridgehead atoms. The molecule has 124 valence electrons. The molecular formula is C20H16N2O3. The molecule has 2 aromatic carbocycles. The highest BCUT2D eigenvalue weighted by molar-refractivity contribution is 6.09. The second kappa shape index (κ2) is 6.02. The van der Waals surface area contributed by atoms with Gasteiger partial charge >= 0.3 is 5.97 Å².